The highest BCUT2D eigenvalue weighted by molar-refractivity contribution is 6.39. The third-order valence-electron chi connectivity index (χ3n) is 7.17. The topological polar surface area (TPSA) is 84.8 Å². The molecular formula is C25H26Cl3N3O3. The van der Waals surface area contributed by atoms with Gasteiger partial charge in [0.05, 0.1) is 21.7 Å². The van der Waals surface area contributed by atoms with Crippen LogP contribution in [0.5, 0.6) is 0 Å². The standard InChI is InChI=1S/C25H26Cl3N3O3/c26-19-5-2-1-4-14(19)15-8-13(16-10-29-11-18(16)24(32)33)9-22-17(15)12-30-25(34)31(22)23-20(27)6-3-7-21(23)28/h3-8,13,16,18,25,29-30,34H,1-2,9-12H2,(H,32,33). The molecule has 1 aromatic rings. The van der Waals surface area contributed by atoms with Crippen molar-refractivity contribution in [3.05, 3.63) is 73.9 Å². The second kappa shape index (κ2) is 9.69. The molecule has 4 N–H and O–H groups in total. The van der Waals surface area contributed by atoms with Crippen LogP contribution >= 0.6 is 34.8 Å². The number of aliphatic carboxylic acids is 1. The Morgan fingerprint density at radius 3 is 2.50 bits per heavy atom. The van der Waals surface area contributed by atoms with Crippen LogP contribution in [0.4, 0.5) is 5.69 Å². The quantitative estimate of drug-likeness (QED) is 0.461. The van der Waals surface area contributed by atoms with Gasteiger partial charge in [-0.1, -0.05) is 59.1 Å². The van der Waals surface area contributed by atoms with Crippen LogP contribution in [0.3, 0.4) is 0 Å². The van der Waals surface area contributed by atoms with Gasteiger partial charge < -0.3 is 20.4 Å². The third-order valence-corrected chi connectivity index (χ3v) is 8.14. The molecule has 0 amide bonds. The average molecular weight is 523 g/mol. The zero-order valence-corrected chi connectivity index (χ0v) is 20.7. The number of halogens is 3. The van der Waals surface area contributed by atoms with Crippen molar-refractivity contribution in [1.82, 2.24) is 10.6 Å². The maximum Gasteiger partial charge on any atom is 0.308 e. The van der Waals surface area contributed by atoms with Gasteiger partial charge >= 0.3 is 5.97 Å². The summed E-state index contributed by atoms with van der Waals surface area (Å²) in [6.07, 6.45) is 7.65. The predicted molar refractivity (Wildman–Crippen MR) is 135 cm³/mol. The minimum absolute atomic E-state index is 0.0637. The van der Waals surface area contributed by atoms with E-state index >= 15 is 0 Å². The number of carboxylic acid groups (broad SMARTS) is 1. The highest BCUT2D eigenvalue weighted by Crippen LogP contribution is 2.47. The smallest absolute Gasteiger partial charge is 0.308 e. The molecule has 2 aliphatic heterocycles. The minimum atomic E-state index is -1.03. The molecule has 2 heterocycles. The lowest BCUT2D eigenvalue weighted by molar-refractivity contribution is -0.142. The molecule has 1 fully saturated rings. The predicted octanol–water partition coefficient (Wildman–Crippen LogP) is 4.64. The molecular weight excluding hydrogens is 497 g/mol. The number of allylic oxidation sites excluding steroid dienone is 6. The molecule has 5 rings (SSSR count). The Labute approximate surface area is 213 Å². The van der Waals surface area contributed by atoms with E-state index in [2.05, 4.69) is 22.8 Å². The van der Waals surface area contributed by atoms with Crippen LogP contribution in [-0.4, -0.2) is 42.2 Å². The highest BCUT2D eigenvalue weighted by atomic mass is 35.5. The number of carbonyl (C=O) groups is 1. The molecule has 180 valence electrons. The van der Waals surface area contributed by atoms with Crippen molar-refractivity contribution in [3.8, 4) is 0 Å². The molecule has 0 bridgehead atoms. The van der Waals surface area contributed by atoms with Crippen molar-refractivity contribution in [3.63, 3.8) is 0 Å². The summed E-state index contributed by atoms with van der Waals surface area (Å²) in [5.41, 5.74) is 4.35. The number of hydrogen-bond donors (Lipinski definition) is 4. The molecule has 4 aliphatic rings. The summed E-state index contributed by atoms with van der Waals surface area (Å²) in [6.45, 7) is 1.50. The SMILES string of the molecule is O=C(O)C1CNCC1C1C=C(C2=CCCC=C2Cl)C2=C(C1)N(c1c(Cl)cccc1Cl)C(O)NC2. The number of aliphatic hydroxyl groups excluding tert-OH is 1. The fraction of sp³-hybridized carbons (Fsp3) is 0.400. The van der Waals surface area contributed by atoms with Gasteiger partial charge in [0.15, 0.2) is 6.35 Å². The Bertz CT molecular complexity index is 1120. The minimum Gasteiger partial charge on any atom is -0.481 e. The summed E-state index contributed by atoms with van der Waals surface area (Å²) in [7, 11) is 0. The van der Waals surface area contributed by atoms with Crippen LogP contribution in [0.25, 0.3) is 0 Å². The van der Waals surface area contributed by atoms with Crippen LogP contribution in [-0.2, 0) is 4.79 Å². The second-order valence-corrected chi connectivity index (χ2v) is 10.3. The van der Waals surface area contributed by atoms with Gasteiger partial charge in [0.1, 0.15) is 0 Å². The van der Waals surface area contributed by atoms with E-state index in [1.807, 2.05) is 6.08 Å². The number of hydrogen-bond acceptors (Lipinski definition) is 5. The largest absolute Gasteiger partial charge is 0.481 e. The van der Waals surface area contributed by atoms with Gasteiger partial charge in [-0.3, -0.25) is 10.1 Å². The Morgan fingerprint density at radius 2 is 1.79 bits per heavy atom. The molecule has 1 aromatic carbocycles. The summed E-state index contributed by atoms with van der Waals surface area (Å²) < 4.78 is 0. The first-order valence-corrected chi connectivity index (χ1v) is 12.6. The Hall–Kier alpha value is -1.80. The third kappa shape index (κ3) is 4.21. The van der Waals surface area contributed by atoms with Crippen LogP contribution in [0.1, 0.15) is 19.3 Å². The molecule has 9 heteroatoms. The Balaban J connectivity index is 1.66. The fourth-order valence-corrected chi connectivity index (χ4v) is 6.42. The first-order valence-electron chi connectivity index (χ1n) is 11.5. The van der Waals surface area contributed by atoms with Crippen molar-refractivity contribution in [2.75, 3.05) is 24.5 Å². The van der Waals surface area contributed by atoms with Crippen LogP contribution in [0.15, 0.2) is 63.9 Å². The van der Waals surface area contributed by atoms with Gasteiger partial charge in [0.25, 0.3) is 0 Å². The van der Waals surface area contributed by atoms with E-state index in [1.165, 1.54) is 0 Å². The average Bonchev–Trinajstić information content (AvgIpc) is 3.30. The van der Waals surface area contributed by atoms with Crippen molar-refractivity contribution in [2.45, 2.75) is 25.6 Å². The number of aliphatic hydroxyl groups is 1. The molecule has 6 nitrogen and oxygen atoms in total. The number of rotatable bonds is 4. The molecule has 4 unspecified atom stereocenters. The van der Waals surface area contributed by atoms with Crippen molar-refractivity contribution in [2.24, 2.45) is 17.8 Å². The zero-order chi connectivity index (χ0) is 24.0. The summed E-state index contributed by atoms with van der Waals surface area (Å²) in [6, 6.07) is 5.25. The number of nitrogens with one attached hydrogen (secondary N) is 2. The number of nitrogens with zero attached hydrogens (tertiary/aromatic N) is 1. The van der Waals surface area contributed by atoms with E-state index in [1.54, 1.807) is 23.1 Å². The summed E-state index contributed by atoms with van der Waals surface area (Å²) in [4.78, 5) is 13.7. The number of para-hydroxylation sites is 1. The molecule has 0 saturated carbocycles. The van der Waals surface area contributed by atoms with Gasteiger partial charge in [-0.25, -0.2) is 0 Å². The lowest BCUT2D eigenvalue weighted by Gasteiger charge is -2.44. The van der Waals surface area contributed by atoms with E-state index < -0.39 is 18.2 Å². The van der Waals surface area contributed by atoms with Crippen molar-refractivity contribution in [1.29, 1.82) is 0 Å². The van der Waals surface area contributed by atoms with Gasteiger partial charge in [0.2, 0.25) is 0 Å². The van der Waals surface area contributed by atoms with Crippen LogP contribution < -0.4 is 15.5 Å². The zero-order valence-electron chi connectivity index (χ0n) is 18.4. The second-order valence-electron chi connectivity index (χ2n) is 9.08. The number of benzene rings is 1. The van der Waals surface area contributed by atoms with Crippen LogP contribution in [0, 0.1) is 17.8 Å². The Morgan fingerprint density at radius 1 is 1.06 bits per heavy atom. The maximum atomic E-state index is 12.0. The first kappa shape index (κ1) is 23.9. The highest BCUT2D eigenvalue weighted by Gasteiger charge is 2.43. The summed E-state index contributed by atoms with van der Waals surface area (Å²) >= 11 is 19.8. The molecule has 0 spiro atoms. The summed E-state index contributed by atoms with van der Waals surface area (Å²) in [5.74, 6) is -1.44. The van der Waals surface area contributed by atoms with E-state index in [0.29, 0.717) is 46.8 Å². The fourth-order valence-electron chi connectivity index (χ4n) is 5.56. The molecule has 0 radical (unpaired) electrons. The van der Waals surface area contributed by atoms with E-state index in [-0.39, 0.29) is 11.8 Å². The molecule has 0 aromatic heterocycles. The van der Waals surface area contributed by atoms with Gasteiger partial charge in [-0.2, -0.15) is 0 Å². The van der Waals surface area contributed by atoms with Gasteiger partial charge in [-0.05, 0) is 66.5 Å². The van der Waals surface area contributed by atoms with Crippen LogP contribution in [0.2, 0.25) is 10.0 Å². The van der Waals surface area contributed by atoms with Gasteiger partial charge in [-0.15, -0.1) is 0 Å². The molecule has 2 aliphatic carbocycles. The van der Waals surface area contributed by atoms with E-state index in [9.17, 15) is 15.0 Å². The van der Waals surface area contributed by atoms with Gasteiger partial charge in [0, 0.05) is 23.8 Å². The van der Waals surface area contributed by atoms with Crippen molar-refractivity contribution < 1.29 is 15.0 Å². The maximum absolute atomic E-state index is 12.0. The lowest BCUT2D eigenvalue weighted by atomic mass is 9.74. The molecule has 4 atom stereocenters. The Kier molecular flexibility index (Phi) is 6.81. The first-order chi connectivity index (χ1) is 16.4. The van der Waals surface area contributed by atoms with E-state index in [0.717, 1.165) is 35.3 Å². The molecule has 34 heavy (non-hydrogen) atoms. The van der Waals surface area contributed by atoms with Crippen molar-refractivity contribution >= 4 is 46.5 Å². The van der Waals surface area contributed by atoms with E-state index in [4.69, 9.17) is 34.8 Å². The normalized spacial score (nSPS) is 29.4. The lowest BCUT2D eigenvalue weighted by Crippen LogP contribution is -2.52. The monoisotopic (exact) mass is 521 g/mol. The summed E-state index contributed by atoms with van der Waals surface area (Å²) in [5, 5.41) is 28.8. The number of carboxylic acids is 1. The molecule has 1 saturated heterocycles. The number of anilines is 1.